The minimum absolute atomic E-state index is 0.0677. The standard InChI is InChI=1S/C10H10ClFN4/c1-2-9-14-10(13)16(15-9)6-3-4-7(11)8(12)5-6/h3-5H,2H2,1H3,(H2,13,14,15). The molecule has 0 radical (unpaired) electrons. The van der Waals surface area contributed by atoms with Gasteiger partial charge in [-0.2, -0.15) is 9.67 Å². The van der Waals surface area contributed by atoms with Gasteiger partial charge in [-0.25, -0.2) is 4.39 Å². The Bertz CT molecular complexity index is 524. The van der Waals surface area contributed by atoms with Gasteiger partial charge in [0.25, 0.3) is 0 Å². The topological polar surface area (TPSA) is 56.7 Å². The van der Waals surface area contributed by atoms with Crippen LogP contribution in [0.25, 0.3) is 5.69 Å². The molecule has 16 heavy (non-hydrogen) atoms. The SMILES string of the molecule is CCc1nc(N)n(-c2ccc(Cl)c(F)c2)n1. The van der Waals surface area contributed by atoms with Crippen LogP contribution in [0.15, 0.2) is 18.2 Å². The van der Waals surface area contributed by atoms with Gasteiger partial charge < -0.3 is 5.73 Å². The van der Waals surface area contributed by atoms with Gasteiger partial charge in [0, 0.05) is 12.5 Å². The molecule has 4 nitrogen and oxygen atoms in total. The second kappa shape index (κ2) is 4.09. The minimum atomic E-state index is -0.507. The van der Waals surface area contributed by atoms with Gasteiger partial charge in [0.15, 0.2) is 5.82 Å². The van der Waals surface area contributed by atoms with Gasteiger partial charge >= 0.3 is 0 Å². The van der Waals surface area contributed by atoms with Crippen molar-refractivity contribution >= 4 is 17.5 Å². The van der Waals surface area contributed by atoms with Crippen molar-refractivity contribution in [2.45, 2.75) is 13.3 Å². The highest BCUT2D eigenvalue weighted by molar-refractivity contribution is 6.30. The number of nitrogens with zero attached hydrogens (tertiary/aromatic N) is 3. The van der Waals surface area contributed by atoms with Crippen LogP contribution in [-0.4, -0.2) is 14.8 Å². The quantitative estimate of drug-likeness (QED) is 0.876. The van der Waals surface area contributed by atoms with E-state index in [4.69, 9.17) is 17.3 Å². The summed E-state index contributed by atoms with van der Waals surface area (Å²) < 4.78 is 14.6. The van der Waals surface area contributed by atoms with Crippen LogP contribution in [0, 0.1) is 5.82 Å². The van der Waals surface area contributed by atoms with Gasteiger partial charge in [-0.1, -0.05) is 18.5 Å². The zero-order valence-electron chi connectivity index (χ0n) is 8.61. The Balaban J connectivity index is 2.49. The van der Waals surface area contributed by atoms with Gasteiger partial charge in [-0.3, -0.25) is 0 Å². The number of anilines is 1. The van der Waals surface area contributed by atoms with Crippen molar-refractivity contribution in [3.63, 3.8) is 0 Å². The van der Waals surface area contributed by atoms with Gasteiger partial charge in [0.1, 0.15) is 5.82 Å². The summed E-state index contributed by atoms with van der Waals surface area (Å²) in [5, 5.41) is 4.21. The van der Waals surface area contributed by atoms with Gasteiger partial charge in [0.2, 0.25) is 5.95 Å². The Morgan fingerprint density at radius 3 is 2.81 bits per heavy atom. The van der Waals surface area contributed by atoms with Crippen LogP contribution >= 0.6 is 11.6 Å². The van der Waals surface area contributed by atoms with Crippen molar-refractivity contribution in [2.75, 3.05) is 5.73 Å². The van der Waals surface area contributed by atoms with Crippen LogP contribution in [0.3, 0.4) is 0 Å². The molecule has 0 spiro atoms. The molecule has 0 atom stereocenters. The molecule has 0 bridgehead atoms. The van der Waals surface area contributed by atoms with E-state index in [2.05, 4.69) is 10.1 Å². The predicted octanol–water partition coefficient (Wildman–Crippen LogP) is 2.20. The molecule has 2 rings (SSSR count). The van der Waals surface area contributed by atoms with E-state index in [0.717, 1.165) is 0 Å². The molecule has 0 aliphatic carbocycles. The summed E-state index contributed by atoms with van der Waals surface area (Å²) in [4.78, 5) is 4.03. The van der Waals surface area contributed by atoms with E-state index in [0.29, 0.717) is 17.9 Å². The summed E-state index contributed by atoms with van der Waals surface area (Å²) in [5.74, 6) is 0.346. The molecule has 2 N–H and O–H groups in total. The molecule has 0 aliphatic rings. The van der Waals surface area contributed by atoms with E-state index >= 15 is 0 Å². The summed E-state index contributed by atoms with van der Waals surface area (Å²) in [7, 11) is 0. The third-order valence-electron chi connectivity index (χ3n) is 2.14. The average Bonchev–Trinajstić information content (AvgIpc) is 2.64. The Morgan fingerprint density at radius 2 is 2.25 bits per heavy atom. The summed E-state index contributed by atoms with van der Waals surface area (Å²) in [6.45, 7) is 1.92. The second-order valence-corrected chi connectivity index (χ2v) is 3.66. The Kier molecular flexibility index (Phi) is 2.78. The first-order chi connectivity index (χ1) is 7.61. The largest absolute Gasteiger partial charge is 0.368 e. The fraction of sp³-hybridized carbons (Fsp3) is 0.200. The van der Waals surface area contributed by atoms with Crippen LogP contribution in [0.2, 0.25) is 5.02 Å². The first-order valence-electron chi connectivity index (χ1n) is 4.78. The molecule has 1 heterocycles. The summed E-state index contributed by atoms with van der Waals surface area (Å²) >= 11 is 5.59. The van der Waals surface area contributed by atoms with Crippen molar-refractivity contribution in [2.24, 2.45) is 0 Å². The lowest BCUT2D eigenvalue weighted by Gasteiger charge is -2.02. The van der Waals surface area contributed by atoms with E-state index in [1.54, 1.807) is 6.07 Å². The maximum atomic E-state index is 13.3. The molecule has 1 aromatic carbocycles. The van der Waals surface area contributed by atoms with Crippen LogP contribution < -0.4 is 5.73 Å². The zero-order valence-corrected chi connectivity index (χ0v) is 9.37. The molecule has 2 aromatic rings. The van der Waals surface area contributed by atoms with Crippen LogP contribution in [0.4, 0.5) is 10.3 Å². The lowest BCUT2D eigenvalue weighted by Crippen LogP contribution is -2.02. The van der Waals surface area contributed by atoms with Crippen LogP contribution in [0.5, 0.6) is 0 Å². The Labute approximate surface area is 96.9 Å². The summed E-state index contributed by atoms with van der Waals surface area (Å²) in [5.41, 5.74) is 6.18. The molecule has 6 heteroatoms. The number of hydrogen-bond acceptors (Lipinski definition) is 3. The molecule has 0 saturated carbocycles. The fourth-order valence-electron chi connectivity index (χ4n) is 1.33. The highest BCUT2D eigenvalue weighted by Crippen LogP contribution is 2.19. The number of nitrogen functional groups attached to an aromatic ring is 1. The van der Waals surface area contributed by atoms with E-state index in [1.165, 1.54) is 16.8 Å². The van der Waals surface area contributed by atoms with E-state index < -0.39 is 5.82 Å². The number of aryl methyl sites for hydroxylation is 1. The molecule has 0 fully saturated rings. The van der Waals surface area contributed by atoms with E-state index in [9.17, 15) is 4.39 Å². The highest BCUT2D eigenvalue weighted by atomic mass is 35.5. The van der Waals surface area contributed by atoms with Crippen molar-refractivity contribution in [3.8, 4) is 5.69 Å². The number of nitrogens with two attached hydrogens (primary N) is 1. The maximum Gasteiger partial charge on any atom is 0.223 e. The second-order valence-electron chi connectivity index (χ2n) is 3.25. The van der Waals surface area contributed by atoms with Gasteiger partial charge in [-0.05, 0) is 12.1 Å². The van der Waals surface area contributed by atoms with Crippen LogP contribution in [0.1, 0.15) is 12.7 Å². The molecule has 0 aliphatic heterocycles. The van der Waals surface area contributed by atoms with Gasteiger partial charge in [-0.15, -0.1) is 5.10 Å². The smallest absolute Gasteiger partial charge is 0.223 e. The lowest BCUT2D eigenvalue weighted by molar-refractivity contribution is 0.626. The fourth-order valence-corrected chi connectivity index (χ4v) is 1.44. The Morgan fingerprint density at radius 1 is 1.50 bits per heavy atom. The Hall–Kier alpha value is -1.62. The number of rotatable bonds is 2. The van der Waals surface area contributed by atoms with E-state index in [-0.39, 0.29) is 11.0 Å². The number of hydrogen-bond donors (Lipinski definition) is 1. The molecule has 84 valence electrons. The monoisotopic (exact) mass is 240 g/mol. The van der Waals surface area contributed by atoms with Crippen molar-refractivity contribution < 1.29 is 4.39 Å². The molecule has 0 unspecified atom stereocenters. The highest BCUT2D eigenvalue weighted by Gasteiger charge is 2.09. The summed E-state index contributed by atoms with van der Waals surface area (Å²) in [6.07, 6.45) is 0.674. The van der Waals surface area contributed by atoms with Crippen molar-refractivity contribution in [1.82, 2.24) is 14.8 Å². The third-order valence-corrected chi connectivity index (χ3v) is 2.45. The third kappa shape index (κ3) is 1.86. The first kappa shape index (κ1) is 10.9. The lowest BCUT2D eigenvalue weighted by atomic mass is 10.3. The van der Waals surface area contributed by atoms with Crippen LogP contribution in [-0.2, 0) is 6.42 Å². The van der Waals surface area contributed by atoms with Crippen molar-refractivity contribution in [3.05, 3.63) is 34.9 Å². The molecule has 0 amide bonds. The molecular formula is C10H10ClFN4. The molecule has 0 saturated heterocycles. The maximum absolute atomic E-state index is 13.3. The average molecular weight is 241 g/mol. The number of halogens is 2. The number of aromatic nitrogens is 3. The predicted molar refractivity (Wildman–Crippen MR) is 60.1 cm³/mol. The van der Waals surface area contributed by atoms with E-state index in [1.807, 2.05) is 6.92 Å². The minimum Gasteiger partial charge on any atom is -0.368 e. The van der Waals surface area contributed by atoms with Crippen molar-refractivity contribution in [1.29, 1.82) is 0 Å². The van der Waals surface area contributed by atoms with Gasteiger partial charge in [0.05, 0.1) is 10.7 Å². The molecule has 1 aromatic heterocycles. The zero-order chi connectivity index (χ0) is 11.7. The number of benzene rings is 1. The summed E-state index contributed by atoms with van der Waals surface area (Å²) in [6, 6.07) is 4.36. The molecular weight excluding hydrogens is 231 g/mol. The normalized spacial score (nSPS) is 10.7. The first-order valence-corrected chi connectivity index (χ1v) is 5.16.